The summed E-state index contributed by atoms with van der Waals surface area (Å²) in [7, 11) is 0. The first-order valence-corrected chi connectivity index (χ1v) is 4.96. The lowest BCUT2D eigenvalue weighted by molar-refractivity contribution is 0.172. The summed E-state index contributed by atoms with van der Waals surface area (Å²) in [6, 6.07) is 3.73. The highest BCUT2D eigenvalue weighted by Crippen LogP contribution is 2.43. The minimum atomic E-state index is 0.0166. The Morgan fingerprint density at radius 1 is 1.21 bits per heavy atom. The van der Waals surface area contributed by atoms with E-state index < -0.39 is 0 Å². The zero-order valence-electron chi connectivity index (χ0n) is 8.56. The van der Waals surface area contributed by atoms with Crippen molar-refractivity contribution in [1.29, 1.82) is 0 Å². The lowest BCUT2D eigenvalue weighted by Gasteiger charge is -2.20. The Balaban J connectivity index is 2.60. The molecule has 0 bridgehead atoms. The molecule has 1 aliphatic rings. The van der Waals surface area contributed by atoms with Crippen molar-refractivity contribution < 1.29 is 9.47 Å². The first-order chi connectivity index (χ1) is 6.48. The number of hydrogen-bond acceptors (Lipinski definition) is 2. The highest BCUT2D eigenvalue weighted by Gasteiger charge is 2.26. The Kier molecular flexibility index (Phi) is 2.11. The molecule has 2 rings (SSSR count). The molecule has 0 spiro atoms. The molecule has 0 radical (unpaired) electrons. The Hall–Kier alpha value is -0.890. The number of ether oxygens (including phenoxy) is 2. The highest BCUT2D eigenvalue weighted by atomic mass is 35.5. The number of hydrogen-bond donors (Lipinski definition) is 0. The standard InChI is InChI=1S/C11H13ClO2/c1-11(2,3)8-4-7(12)5-9-10(8)14-6-13-9/h4-5H,6H2,1-3H3. The van der Waals surface area contributed by atoms with Gasteiger partial charge in [-0.25, -0.2) is 0 Å². The van der Waals surface area contributed by atoms with Crippen LogP contribution in [0.25, 0.3) is 0 Å². The van der Waals surface area contributed by atoms with Gasteiger partial charge in [0.05, 0.1) is 0 Å². The molecule has 0 aromatic heterocycles. The smallest absolute Gasteiger partial charge is 0.231 e. The van der Waals surface area contributed by atoms with Crippen LogP contribution in [-0.4, -0.2) is 6.79 Å². The maximum atomic E-state index is 6.00. The van der Waals surface area contributed by atoms with Crippen molar-refractivity contribution in [2.24, 2.45) is 0 Å². The van der Waals surface area contributed by atoms with Crippen molar-refractivity contribution in [2.45, 2.75) is 26.2 Å². The van der Waals surface area contributed by atoms with Gasteiger partial charge < -0.3 is 9.47 Å². The normalized spacial score (nSPS) is 14.6. The van der Waals surface area contributed by atoms with Crippen LogP contribution < -0.4 is 9.47 Å². The molecule has 1 aromatic rings. The predicted octanol–water partition coefficient (Wildman–Crippen LogP) is 3.37. The fourth-order valence-corrected chi connectivity index (χ4v) is 1.74. The van der Waals surface area contributed by atoms with Crippen LogP contribution in [0.2, 0.25) is 5.02 Å². The minimum absolute atomic E-state index is 0.0166. The topological polar surface area (TPSA) is 18.5 Å². The van der Waals surface area contributed by atoms with E-state index in [0.29, 0.717) is 11.8 Å². The molecule has 0 amide bonds. The Morgan fingerprint density at radius 3 is 2.57 bits per heavy atom. The summed E-state index contributed by atoms with van der Waals surface area (Å²) < 4.78 is 10.7. The van der Waals surface area contributed by atoms with Crippen molar-refractivity contribution in [3.63, 3.8) is 0 Å². The van der Waals surface area contributed by atoms with E-state index in [4.69, 9.17) is 21.1 Å². The summed E-state index contributed by atoms with van der Waals surface area (Å²) in [6.07, 6.45) is 0. The molecule has 76 valence electrons. The first-order valence-electron chi connectivity index (χ1n) is 4.58. The van der Waals surface area contributed by atoms with Gasteiger partial charge in [-0.2, -0.15) is 0 Å². The minimum Gasteiger partial charge on any atom is -0.454 e. The van der Waals surface area contributed by atoms with Crippen molar-refractivity contribution in [2.75, 3.05) is 6.79 Å². The van der Waals surface area contributed by atoms with E-state index in [1.54, 1.807) is 6.07 Å². The first kappa shape index (κ1) is 9.66. The van der Waals surface area contributed by atoms with Gasteiger partial charge >= 0.3 is 0 Å². The molecular weight excluding hydrogens is 200 g/mol. The molecule has 0 saturated heterocycles. The van der Waals surface area contributed by atoms with Crippen LogP contribution in [0.1, 0.15) is 26.3 Å². The molecule has 1 aliphatic heterocycles. The second-order valence-corrected chi connectivity index (χ2v) is 4.87. The fraction of sp³-hybridized carbons (Fsp3) is 0.455. The van der Waals surface area contributed by atoms with Crippen LogP contribution in [0.3, 0.4) is 0 Å². The van der Waals surface area contributed by atoms with Crippen LogP contribution in [0, 0.1) is 0 Å². The lowest BCUT2D eigenvalue weighted by atomic mass is 9.86. The van der Waals surface area contributed by atoms with Gasteiger partial charge in [-0.1, -0.05) is 32.4 Å². The molecule has 0 saturated carbocycles. The van der Waals surface area contributed by atoms with Crippen molar-refractivity contribution in [3.05, 3.63) is 22.7 Å². The quantitative estimate of drug-likeness (QED) is 0.657. The molecule has 0 atom stereocenters. The van der Waals surface area contributed by atoms with Crippen molar-refractivity contribution in [1.82, 2.24) is 0 Å². The van der Waals surface area contributed by atoms with Gasteiger partial charge in [0.2, 0.25) is 6.79 Å². The van der Waals surface area contributed by atoms with Gasteiger partial charge in [0.1, 0.15) is 0 Å². The molecule has 0 aliphatic carbocycles. The SMILES string of the molecule is CC(C)(C)c1cc(Cl)cc2c1OCO2. The second-order valence-electron chi connectivity index (χ2n) is 4.44. The average molecular weight is 213 g/mol. The summed E-state index contributed by atoms with van der Waals surface area (Å²) in [4.78, 5) is 0. The van der Waals surface area contributed by atoms with Gasteiger partial charge in [0.15, 0.2) is 11.5 Å². The number of benzene rings is 1. The molecule has 1 heterocycles. The van der Waals surface area contributed by atoms with E-state index in [1.165, 1.54) is 0 Å². The Morgan fingerprint density at radius 2 is 1.93 bits per heavy atom. The molecule has 0 unspecified atom stereocenters. The largest absolute Gasteiger partial charge is 0.454 e. The summed E-state index contributed by atoms with van der Waals surface area (Å²) in [5.74, 6) is 1.59. The van der Waals surface area contributed by atoms with Gasteiger partial charge in [0.25, 0.3) is 0 Å². The number of fused-ring (bicyclic) bond motifs is 1. The Labute approximate surface area is 88.8 Å². The second kappa shape index (κ2) is 3.06. The van der Waals surface area contributed by atoms with E-state index in [-0.39, 0.29) is 5.41 Å². The molecule has 1 aromatic carbocycles. The zero-order valence-corrected chi connectivity index (χ0v) is 9.31. The monoisotopic (exact) mass is 212 g/mol. The number of rotatable bonds is 0. The third-order valence-electron chi connectivity index (χ3n) is 2.25. The van der Waals surface area contributed by atoms with Gasteiger partial charge in [-0.15, -0.1) is 0 Å². The van der Waals surface area contributed by atoms with Crippen molar-refractivity contribution in [3.8, 4) is 11.5 Å². The summed E-state index contributed by atoms with van der Waals surface area (Å²) >= 11 is 6.00. The molecule has 14 heavy (non-hydrogen) atoms. The van der Waals surface area contributed by atoms with Crippen LogP contribution in [0.5, 0.6) is 11.5 Å². The van der Waals surface area contributed by atoms with Crippen LogP contribution >= 0.6 is 11.6 Å². The van der Waals surface area contributed by atoms with E-state index in [2.05, 4.69) is 20.8 Å². The number of halogens is 1. The Bertz CT molecular complexity index is 366. The van der Waals surface area contributed by atoms with Crippen LogP contribution in [-0.2, 0) is 5.41 Å². The van der Waals surface area contributed by atoms with E-state index in [0.717, 1.165) is 17.1 Å². The molecule has 3 heteroatoms. The van der Waals surface area contributed by atoms with Gasteiger partial charge in [0, 0.05) is 16.7 Å². The third-order valence-corrected chi connectivity index (χ3v) is 2.46. The maximum absolute atomic E-state index is 6.00. The van der Waals surface area contributed by atoms with Gasteiger partial charge in [-0.3, -0.25) is 0 Å². The lowest BCUT2D eigenvalue weighted by Crippen LogP contribution is -2.12. The molecular formula is C11H13ClO2. The maximum Gasteiger partial charge on any atom is 0.231 e. The zero-order chi connectivity index (χ0) is 10.3. The van der Waals surface area contributed by atoms with E-state index in [9.17, 15) is 0 Å². The molecule has 0 fully saturated rings. The van der Waals surface area contributed by atoms with Crippen LogP contribution in [0.15, 0.2) is 12.1 Å². The molecule has 2 nitrogen and oxygen atoms in total. The summed E-state index contributed by atoms with van der Waals surface area (Å²) in [5, 5.41) is 0.694. The highest BCUT2D eigenvalue weighted by molar-refractivity contribution is 6.30. The summed E-state index contributed by atoms with van der Waals surface area (Å²) in [5.41, 5.74) is 1.11. The third kappa shape index (κ3) is 1.55. The average Bonchev–Trinajstić information content (AvgIpc) is 2.47. The van der Waals surface area contributed by atoms with E-state index >= 15 is 0 Å². The molecule has 0 N–H and O–H groups in total. The predicted molar refractivity (Wildman–Crippen MR) is 56.3 cm³/mol. The van der Waals surface area contributed by atoms with E-state index in [1.807, 2.05) is 6.07 Å². The van der Waals surface area contributed by atoms with Crippen LogP contribution in [0.4, 0.5) is 0 Å². The fourth-order valence-electron chi connectivity index (χ4n) is 1.53. The van der Waals surface area contributed by atoms with Gasteiger partial charge in [-0.05, 0) is 11.5 Å². The summed E-state index contributed by atoms with van der Waals surface area (Å²) in [6.45, 7) is 6.67. The van der Waals surface area contributed by atoms with Crippen molar-refractivity contribution >= 4 is 11.6 Å².